The standard InChI is InChI=1S/C20H18Cl2N2O5S/c1-15(14-29-2)13-23(11-3-4-16-5-10-19(21)20(22)12-16)30(27,28)18-8-6-17(7-9-18)24(25)26/h5-10,12H,1,11,13-14H2,2H3. The number of sulfonamides is 1. The second-order valence-electron chi connectivity index (χ2n) is 6.14. The van der Waals surface area contributed by atoms with Crippen molar-refractivity contribution in [2.75, 3.05) is 26.8 Å². The number of nitro benzene ring substituents is 1. The van der Waals surface area contributed by atoms with E-state index in [4.69, 9.17) is 27.9 Å². The molecule has 0 spiro atoms. The van der Waals surface area contributed by atoms with E-state index in [1.54, 1.807) is 18.2 Å². The Labute approximate surface area is 185 Å². The van der Waals surface area contributed by atoms with Gasteiger partial charge in [-0.25, -0.2) is 8.42 Å². The van der Waals surface area contributed by atoms with Crippen LogP contribution in [0, 0.1) is 22.0 Å². The zero-order valence-electron chi connectivity index (χ0n) is 16.0. The van der Waals surface area contributed by atoms with Crippen LogP contribution in [0.15, 0.2) is 59.5 Å². The van der Waals surface area contributed by atoms with Gasteiger partial charge in [0.1, 0.15) is 0 Å². The first-order valence-electron chi connectivity index (χ1n) is 8.49. The summed E-state index contributed by atoms with van der Waals surface area (Å²) in [7, 11) is -2.50. The highest BCUT2D eigenvalue weighted by Crippen LogP contribution is 2.22. The van der Waals surface area contributed by atoms with Gasteiger partial charge < -0.3 is 4.74 Å². The van der Waals surface area contributed by atoms with Crippen LogP contribution < -0.4 is 0 Å². The highest BCUT2D eigenvalue weighted by molar-refractivity contribution is 7.89. The lowest BCUT2D eigenvalue weighted by atomic mass is 10.2. The Balaban J connectivity index is 2.31. The summed E-state index contributed by atoms with van der Waals surface area (Å²) in [6, 6.07) is 9.49. The average Bonchev–Trinajstić information content (AvgIpc) is 2.70. The van der Waals surface area contributed by atoms with Crippen LogP contribution in [0.5, 0.6) is 0 Å². The minimum atomic E-state index is -3.98. The summed E-state index contributed by atoms with van der Waals surface area (Å²) in [5.41, 5.74) is 0.899. The Bertz CT molecular complexity index is 1110. The normalized spacial score (nSPS) is 11.1. The Morgan fingerprint density at radius 1 is 1.20 bits per heavy atom. The van der Waals surface area contributed by atoms with E-state index in [1.807, 2.05) is 0 Å². The van der Waals surface area contributed by atoms with Gasteiger partial charge in [-0.3, -0.25) is 10.1 Å². The molecule has 2 rings (SSSR count). The molecule has 0 aliphatic heterocycles. The molecule has 158 valence electrons. The predicted molar refractivity (Wildman–Crippen MR) is 116 cm³/mol. The van der Waals surface area contributed by atoms with Gasteiger partial charge in [0, 0.05) is 31.4 Å². The van der Waals surface area contributed by atoms with Gasteiger partial charge >= 0.3 is 0 Å². The van der Waals surface area contributed by atoms with E-state index in [-0.39, 0.29) is 30.3 Å². The molecule has 0 aliphatic carbocycles. The third-order valence-electron chi connectivity index (χ3n) is 3.84. The van der Waals surface area contributed by atoms with E-state index >= 15 is 0 Å². The van der Waals surface area contributed by atoms with Gasteiger partial charge in [-0.2, -0.15) is 4.31 Å². The van der Waals surface area contributed by atoms with E-state index in [2.05, 4.69) is 18.4 Å². The van der Waals surface area contributed by atoms with Crippen molar-refractivity contribution in [2.45, 2.75) is 4.90 Å². The van der Waals surface area contributed by atoms with Gasteiger partial charge in [0.05, 0.1) is 33.0 Å². The number of nitro groups is 1. The van der Waals surface area contributed by atoms with Crippen molar-refractivity contribution >= 4 is 38.9 Å². The van der Waals surface area contributed by atoms with Crippen LogP contribution in [-0.4, -0.2) is 44.5 Å². The topological polar surface area (TPSA) is 89.8 Å². The fourth-order valence-corrected chi connectivity index (χ4v) is 4.08. The zero-order valence-corrected chi connectivity index (χ0v) is 18.3. The maximum absolute atomic E-state index is 13.1. The monoisotopic (exact) mass is 468 g/mol. The van der Waals surface area contributed by atoms with Crippen molar-refractivity contribution in [3.8, 4) is 11.8 Å². The van der Waals surface area contributed by atoms with Gasteiger partial charge in [-0.15, -0.1) is 0 Å². The lowest BCUT2D eigenvalue weighted by Gasteiger charge is -2.21. The van der Waals surface area contributed by atoms with Gasteiger partial charge in [-0.1, -0.05) is 41.6 Å². The maximum atomic E-state index is 13.1. The summed E-state index contributed by atoms with van der Waals surface area (Å²) in [4.78, 5) is 10.1. The molecule has 7 nitrogen and oxygen atoms in total. The highest BCUT2D eigenvalue weighted by Gasteiger charge is 2.25. The molecule has 0 amide bonds. The molecule has 30 heavy (non-hydrogen) atoms. The minimum absolute atomic E-state index is 0.0246. The second kappa shape index (κ2) is 10.6. The van der Waals surface area contributed by atoms with Gasteiger partial charge in [0.2, 0.25) is 10.0 Å². The largest absolute Gasteiger partial charge is 0.380 e. The predicted octanol–water partition coefficient (Wildman–Crippen LogP) is 4.15. The van der Waals surface area contributed by atoms with Crippen molar-refractivity contribution in [3.05, 3.63) is 80.3 Å². The second-order valence-corrected chi connectivity index (χ2v) is 8.89. The van der Waals surface area contributed by atoms with Gasteiger partial charge in [-0.05, 0) is 35.9 Å². The Kier molecular flexibility index (Phi) is 8.41. The number of hydrogen-bond acceptors (Lipinski definition) is 5. The van der Waals surface area contributed by atoms with Crippen molar-refractivity contribution in [1.82, 2.24) is 4.31 Å². The average molecular weight is 469 g/mol. The number of hydrogen-bond donors (Lipinski definition) is 0. The van der Waals surface area contributed by atoms with Crippen LogP contribution in [-0.2, 0) is 14.8 Å². The molecule has 0 heterocycles. The SMILES string of the molecule is C=C(COC)CN(CC#Cc1ccc(Cl)c(Cl)c1)S(=O)(=O)c1ccc([N+](=O)[O-])cc1. The first-order chi connectivity index (χ1) is 14.1. The quantitative estimate of drug-likeness (QED) is 0.251. The zero-order chi connectivity index (χ0) is 22.3. The molecule has 0 radical (unpaired) electrons. The number of methoxy groups -OCH3 is 1. The van der Waals surface area contributed by atoms with Crippen molar-refractivity contribution in [2.24, 2.45) is 0 Å². The summed E-state index contributed by atoms with van der Waals surface area (Å²) in [6.45, 7) is 3.83. The van der Waals surface area contributed by atoms with E-state index in [9.17, 15) is 18.5 Å². The molecule has 0 fully saturated rings. The number of nitrogens with zero attached hydrogens (tertiary/aromatic N) is 2. The highest BCUT2D eigenvalue weighted by atomic mass is 35.5. The van der Waals surface area contributed by atoms with Gasteiger partial charge in [0.25, 0.3) is 5.69 Å². The molecule has 0 unspecified atom stereocenters. The molecule has 0 saturated carbocycles. The summed E-state index contributed by atoms with van der Waals surface area (Å²) in [5.74, 6) is 5.65. The molecule has 2 aromatic rings. The molecular formula is C20H18Cl2N2O5S. The third kappa shape index (κ3) is 6.29. The smallest absolute Gasteiger partial charge is 0.269 e. The van der Waals surface area contributed by atoms with Crippen LogP contribution in [0.25, 0.3) is 0 Å². The lowest BCUT2D eigenvalue weighted by Crippen LogP contribution is -2.34. The molecule has 2 aromatic carbocycles. The Hall–Kier alpha value is -2.41. The number of rotatable bonds is 8. The molecule has 0 saturated heterocycles. The number of halogens is 2. The summed E-state index contributed by atoms with van der Waals surface area (Å²) in [5, 5.41) is 11.5. The summed E-state index contributed by atoms with van der Waals surface area (Å²) >= 11 is 11.8. The van der Waals surface area contributed by atoms with Crippen LogP contribution >= 0.6 is 23.2 Å². The lowest BCUT2D eigenvalue weighted by molar-refractivity contribution is -0.384. The van der Waals surface area contributed by atoms with E-state index in [1.165, 1.54) is 19.2 Å². The molecule has 0 bridgehead atoms. The molecule has 0 aliphatic rings. The van der Waals surface area contributed by atoms with Crippen LogP contribution in [0.3, 0.4) is 0 Å². The van der Waals surface area contributed by atoms with E-state index in [0.29, 0.717) is 21.2 Å². The Morgan fingerprint density at radius 2 is 1.87 bits per heavy atom. The number of ether oxygens (including phenoxy) is 1. The summed E-state index contributed by atoms with van der Waals surface area (Å²) in [6.07, 6.45) is 0. The van der Waals surface area contributed by atoms with Gasteiger partial charge in [0.15, 0.2) is 0 Å². The third-order valence-corrected chi connectivity index (χ3v) is 6.39. The fraction of sp³-hybridized carbons (Fsp3) is 0.200. The first kappa shape index (κ1) is 23.9. The van der Waals surface area contributed by atoms with Crippen LogP contribution in [0.1, 0.15) is 5.56 Å². The fourth-order valence-electron chi connectivity index (χ4n) is 2.42. The van der Waals surface area contributed by atoms with Crippen molar-refractivity contribution < 1.29 is 18.1 Å². The molecule has 10 heteroatoms. The minimum Gasteiger partial charge on any atom is -0.380 e. The molecule has 0 N–H and O–H groups in total. The Morgan fingerprint density at radius 3 is 2.43 bits per heavy atom. The van der Waals surface area contributed by atoms with Crippen LogP contribution in [0.2, 0.25) is 10.0 Å². The summed E-state index contributed by atoms with van der Waals surface area (Å²) < 4.78 is 32.3. The number of benzene rings is 2. The van der Waals surface area contributed by atoms with E-state index in [0.717, 1.165) is 16.4 Å². The first-order valence-corrected chi connectivity index (χ1v) is 10.7. The van der Waals surface area contributed by atoms with Crippen LogP contribution in [0.4, 0.5) is 5.69 Å². The van der Waals surface area contributed by atoms with Crippen molar-refractivity contribution in [1.29, 1.82) is 0 Å². The molecule has 0 atom stereocenters. The number of non-ortho nitro benzene ring substituents is 1. The van der Waals surface area contributed by atoms with Crippen molar-refractivity contribution in [3.63, 3.8) is 0 Å². The molecular weight excluding hydrogens is 451 g/mol. The maximum Gasteiger partial charge on any atom is 0.269 e. The van der Waals surface area contributed by atoms with E-state index < -0.39 is 14.9 Å². The molecule has 0 aromatic heterocycles.